The Labute approximate surface area is 84.7 Å². The molecule has 1 atom stereocenters. The molecule has 0 fully saturated rings. The molecule has 1 aromatic carbocycles. The van der Waals surface area contributed by atoms with Gasteiger partial charge in [-0.3, -0.25) is 0 Å². The van der Waals surface area contributed by atoms with Crippen molar-refractivity contribution < 1.29 is 9.50 Å². The van der Waals surface area contributed by atoms with E-state index in [1.807, 2.05) is 0 Å². The number of nitrogens with two attached hydrogens (primary N) is 1. The van der Waals surface area contributed by atoms with Crippen LogP contribution in [0.1, 0.15) is 12.5 Å². The third-order valence-corrected chi connectivity index (χ3v) is 2.11. The average Bonchev–Trinajstić information content (AvgIpc) is 1.98. The highest BCUT2D eigenvalue weighted by molar-refractivity contribution is 9.10. The summed E-state index contributed by atoms with van der Waals surface area (Å²) >= 11 is 3.15. The molecule has 1 rings (SSSR count). The predicted octanol–water partition coefficient (Wildman–Crippen LogP) is 2.18. The van der Waals surface area contributed by atoms with E-state index in [2.05, 4.69) is 15.9 Å². The van der Waals surface area contributed by atoms with Gasteiger partial charge in [0.25, 0.3) is 0 Å². The molecule has 0 aliphatic carbocycles. The van der Waals surface area contributed by atoms with Crippen LogP contribution >= 0.6 is 15.9 Å². The largest absolute Gasteiger partial charge is 0.505 e. The summed E-state index contributed by atoms with van der Waals surface area (Å²) in [4.78, 5) is 0. The first kappa shape index (κ1) is 10.5. The van der Waals surface area contributed by atoms with Crippen molar-refractivity contribution in [3.05, 3.63) is 28.0 Å². The number of phenolic OH excluding ortho intramolecular Hbond substituents is 1. The third-order valence-electron chi connectivity index (χ3n) is 1.65. The lowest BCUT2D eigenvalue weighted by Gasteiger charge is -2.08. The Morgan fingerprint density at radius 2 is 2.23 bits per heavy atom. The number of phenols is 1. The molecule has 1 unspecified atom stereocenters. The first-order valence-electron chi connectivity index (χ1n) is 3.93. The standard InChI is InChI=1S/C9H11BrFNO/c1-5(12)2-6-3-7(10)4-8(11)9(6)13/h3-5,13H,2,12H2,1H3. The first-order chi connectivity index (χ1) is 6.00. The maximum absolute atomic E-state index is 13.0. The summed E-state index contributed by atoms with van der Waals surface area (Å²) in [5, 5.41) is 9.32. The molecule has 0 amide bonds. The van der Waals surface area contributed by atoms with Crippen LogP contribution in [0, 0.1) is 5.82 Å². The van der Waals surface area contributed by atoms with Crippen LogP contribution in [0.25, 0.3) is 0 Å². The van der Waals surface area contributed by atoms with E-state index in [1.54, 1.807) is 13.0 Å². The fraction of sp³-hybridized carbons (Fsp3) is 0.333. The number of aromatic hydroxyl groups is 1. The highest BCUT2D eigenvalue weighted by atomic mass is 79.9. The summed E-state index contributed by atoms with van der Waals surface area (Å²) in [5.41, 5.74) is 6.07. The Morgan fingerprint density at radius 1 is 1.62 bits per heavy atom. The lowest BCUT2D eigenvalue weighted by atomic mass is 10.1. The number of hydrogen-bond acceptors (Lipinski definition) is 2. The minimum atomic E-state index is -0.620. The van der Waals surface area contributed by atoms with Gasteiger partial charge in [-0.15, -0.1) is 0 Å². The van der Waals surface area contributed by atoms with Gasteiger partial charge in [0.2, 0.25) is 0 Å². The first-order valence-corrected chi connectivity index (χ1v) is 4.72. The van der Waals surface area contributed by atoms with Crippen LogP contribution < -0.4 is 5.73 Å². The van der Waals surface area contributed by atoms with E-state index in [-0.39, 0.29) is 11.8 Å². The normalized spacial score (nSPS) is 12.9. The van der Waals surface area contributed by atoms with E-state index in [4.69, 9.17) is 5.73 Å². The zero-order valence-corrected chi connectivity index (χ0v) is 8.81. The van der Waals surface area contributed by atoms with Gasteiger partial charge in [-0.1, -0.05) is 15.9 Å². The molecule has 0 spiro atoms. The summed E-state index contributed by atoms with van der Waals surface area (Å²) in [6, 6.07) is 2.79. The van der Waals surface area contributed by atoms with Gasteiger partial charge in [-0.2, -0.15) is 0 Å². The zero-order valence-electron chi connectivity index (χ0n) is 7.22. The van der Waals surface area contributed by atoms with E-state index in [0.29, 0.717) is 16.5 Å². The second-order valence-electron chi connectivity index (χ2n) is 3.08. The summed E-state index contributed by atoms with van der Waals surface area (Å²) < 4.78 is 13.6. The quantitative estimate of drug-likeness (QED) is 0.842. The molecule has 0 saturated carbocycles. The molecule has 0 aromatic heterocycles. The lowest BCUT2D eigenvalue weighted by molar-refractivity contribution is 0.423. The van der Waals surface area contributed by atoms with Gasteiger partial charge in [-0.25, -0.2) is 4.39 Å². The number of halogens is 2. The fourth-order valence-electron chi connectivity index (χ4n) is 1.12. The van der Waals surface area contributed by atoms with Crippen molar-refractivity contribution in [1.29, 1.82) is 0 Å². The highest BCUT2D eigenvalue weighted by Crippen LogP contribution is 2.26. The van der Waals surface area contributed by atoms with Gasteiger partial charge < -0.3 is 10.8 Å². The van der Waals surface area contributed by atoms with E-state index in [9.17, 15) is 9.50 Å². The fourth-order valence-corrected chi connectivity index (χ4v) is 1.60. The molecule has 0 aliphatic heterocycles. The molecule has 0 saturated heterocycles. The molecule has 0 heterocycles. The van der Waals surface area contributed by atoms with Crippen LogP contribution in [-0.4, -0.2) is 11.1 Å². The van der Waals surface area contributed by atoms with Gasteiger partial charge in [0.15, 0.2) is 11.6 Å². The summed E-state index contributed by atoms with van der Waals surface area (Å²) in [6.45, 7) is 1.80. The van der Waals surface area contributed by atoms with E-state index < -0.39 is 5.82 Å². The molecule has 1 aromatic rings. The van der Waals surface area contributed by atoms with Crippen molar-refractivity contribution in [2.24, 2.45) is 5.73 Å². The molecule has 2 nitrogen and oxygen atoms in total. The summed E-state index contributed by atoms with van der Waals surface area (Å²) in [5.74, 6) is -0.925. The SMILES string of the molecule is CC(N)Cc1cc(Br)cc(F)c1O. The minimum absolute atomic E-state index is 0.0976. The average molecular weight is 248 g/mol. The van der Waals surface area contributed by atoms with Crippen LogP contribution in [0.3, 0.4) is 0 Å². The summed E-state index contributed by atoms with van der Waals surface area (Å²) in [7, 11) is 0. The molecule has 0 radical (unpaired) electrons. The molecular weight excluding hydrogens is 237 g/mol. The zero-order chi connectivity index (χ0) is 10.0. The lowest BCUT2D eigenvalue weighted by Crippen LogP contribution is -2.17. The van der Waals surface area contributed by atoms with Gasteiger partial charge in [0.05, 0.1) is 0 Å². The second-order valence-corrected chi connectivity index (χ2v) is 3.99. The van der Waals surface area contributed by atoms with Crippen LogP contribution in [-0.2, 0) is 6.42 Å². The molecule has 4 heteroatoms. The van der Waals surface area contributed by atoms with E-state index in [0.717, 1.165) is 0 Å². The van der Waals surface area contributed by atoms with Crippen LogP contribution in [0.4, 0.5) is 4.39 Å². The molecular formula is C9H11BrFNO. The molecule has 72 valence electrons. The predicted molar refractivity (Wildman–Crippen MR) is 53.1 cm³/mol. The van der Waals surface area contributed by atoms with Crippen molar-refractivity contribution in [1.82, 2.24) is 0 Å². The maximum Gasteiger partial charge on any atom is 0.166 e. The van der Waals surface area contributed by atoms with Crippen LogP contribution in [0.15, 0.2) is 16.6 Å². The monoisotopic (exact) mass is 247 g/mol. The molecule has 13 heavy (non-hydrogen) atoms. The Balaban J connectivity index is 3.05. The van der Waals surface area contributed by atoms with Crippen LogP contribution in [0.5, 0.6) is 5.75 Å². The van der Waals surface area contributed by atoms with Crippen LogP contribution in [0.2, 0.25) is 0 Å². The third kappa shape index (κ3) is 2.67. The molecule has 3 N–H and O–H groups in total. The van der Waals surface area contributed by atoms with E-state index >= 15 is 0 Å². The number of benzene rings is 1. The van der Waals surface area contributed by atoms with Gasteiger partial charge in [0.1, 0.15) is 0 Å². The number of rotatable bonds is 2. The van der Waals surface area contributed by atoms with Crippen molar-refractivity contribution in [3.8, 4) is 5.75 Å². The van der Waals surface area contributed by atoms with E-state index in [1.165, 1.54) is 6.07 Å². The number of hydrogen-bond donors (Lipinski definition) is 2. The Morgan fingerprint density at radius 3 is 2.77 bits per heavy atom. The molecule has 0 aliphatic rings. The van der Waals surface area contributed by atoms with Crippen molar-refractivity contribution in [3.63, 3.8) is 0 Å². The Bertz CT molecular complexity index is 315. The molecule has 0 bridgehead atoms. The Hall–Kier alpha value is -0.610. The van der Waals surface area contributed by atoms with Crippen molar-refractivity contribution >= 4 is 15.9 Å². The van der Waals surface area contributed by atoms with Gasteiger partial charge >= 0.3 is 0 Å². The highest BCUT2D eigenvalue weighted by Gasteiger charge is 2.10. The van der Waals surface area contributed by atoms with Crippen molar-refractivity contribution in [2.45, 2.75) is 19.4 Å². The Kier molecular flexibility index (Phi) is 3.27. The maximum atomic E-state index is 13.0. The second kappa shape index (κ2) is 4.07. The topological polar surface area (TPSA) is 46.2 Å². The smallest absolute Gasteiger partial charge is 0.166 e. The minimum Gasteiger partial charge on any atom is -0.505 e. The van der Waals surface area contributed by atoms with Gasteiger partial charge in [-0.05, 0) is 31.0 Å². The summed E-state index contributed by atoms with van der Waals surface area (Å²) in [6.07, 6.45) is 0.461. The van der Waals surface area contributed by atoms with Crippen molar-refractivity contribution in [2.75, 3.05) is 0 Å². The van der Waals surface area contributed by atoms with Gasteiger partial charge in [0, 0.05) is 10.5 Å².